The second kappa shape index (κ2) is 12.0. The molecule has 4 aromatic carbocycles. The zero-order valence-electron chi connectivity index (χ0n) is 21.0. The third kappa shape index (κ3) is 6.14. The van der Waals surface area contributed by atoms with Crippen LogP contribution < -0.4 is 10.6 Å². The lowest BCUT2D eigenvalue weighted by Crippen LogP contribution is -2.30. The number of benzene rings is 4. The van der Waals surface area contributed by atoms with Crippen LogP contribution in [0.5, 0.6) is 0 Å². The van der Waals surface area contributed by atoms with Gasteiger partial charge < -0.3 is 10.6 Å². The second-order valence-electron chi connectivity index (χ2n) is 8.77. The van der Waals surface area contributed by atoms with Crippen molar-refractivity contribution in [1.82, 2.24) is 10.2 Å². The Morgan fingerprint density at radius 3 is 2.00 bits per heavy atom. The number of hydrogen-bond donors (Lipinski definition) is 2. The van der Waals surface area contributed by atoms with E-state index in [0.717, 1.165) is 4.90 Å². The minimum absolute atomic E-state index is 0.0558. The van der Waals surface area contributed by atoms with Gasteiger partial charge in [-0.15, -0.1) is 11.8 Å². The van der Waals surface area contributed by atoms with Gasteiger partial charge in [-0.2, -0.15) is 0 Å². The number of hydrogen-bond acceptors (Lipinski definition) is 5. The van der Waals surface area contributed by atoms with Gasteiger partial charge in [-0.1, -0.05) is 54.1 Å². The number of carbonyl (C=O) groups excluding carboxylic acids is 4. The number of nitrogens with one attached hydrogen (secondary N) is 2. The smallest absolute Gasteiger partial charge is 0.272 e. The summed E-state index contributed by atoms with van der Waals surface area (Å²) in [5, 5.41) is 6.06. The molecule has 0 fully saturated rings. The Hall–Kier alpha value is -4.66. The van der Waals surface area contributed by atoms with Crippen LogP contribution in [0.15, 0.2) is 114 Å². The molecule has 2 N–H and O–H groups in total. The van der Waals surface area contributed by atoms with Gasteiger partial charge in [0.1, 0.15) is 5.70 Å². The number of fused-ring (bicyclic) bond motifs is 1. The third-order valence-electron chi connectivity index (χ3n) is 6.06. The molecule has 7 nitrogen and oxygen atoms in total. The molecule has 0 spiro atoms. The van der Waals surface area contributed by atoms with E-state index in [1.807, 2.05) is 0 Å². The molecule has 0 saturated carbocycles. The van der Waals surface area contributed by atoms with E-state index >= 15 is 0 Å². The van der Waals surface area contributed by atoms with Gasteiger partial charge in [0.2, 0.25) is 0 Å². The molecule has 0 unspecified atom stereocenters. The molecule has 0 aromatic heterocycles. The van der Waals surface area contributed by atoms with E-state index in [1.54, 1.807) is 109 Å². The van der Waals surface area contributed by atoms with Crippen molar-refractivity contribution in [3.8, 4) is 0 Å². The largest absolute Gasteiger partial charge is 0.321 e. The summed E-state index contributed by atoms with van der Waals surface area (Å²) < 4.78 is 0. The number of amides is 4. The second-order valence-corrected chi connectivity index (χ2v) is 10.2. The molecular weight excluding hydrogens is 546 g/mol. The zero-order chi connectivity index (χ0) is 28.1. The number of imide groups is 1. The Bertz CT molecular complexity index is 1590. The highest BCUT2D eigenvalue weighted by Crippen LogP contribution is 2.28. The SMILES string of the molecule is O=C(Nc1ccc(SCN2C(=O)c3ccccc3C2=O)cc1)/C(=C/c1ccc(Cl)cc1)NC(=O)c1ccccc1. The highest BCUT2D eigenvalue weighted by molar-refractivity contribution is 7.99. The number of rotatable bonds is 8. The van der Waals surface area contributed by atoms with Crippen molar-refractivity contribution in [2.45, 2.75) is 4.90 Å². The van der Waals surface area contributed by atoms with Gasteiger partial charge in [0.25, 0.3) is 23.6 Å². The maximum absolute atomic E-state index is 13.2. The summed E-state index contributed by atoms with van der Waals surface area (Å²) in [6.45, 7) is 0. The van der Waals surface area contributed by atoms with E-state index in [9.17, 15) is 19.2 Å². The number of thioether (sulfide) groups is 1. The molecule has 0 saturated heterocycles. The molecular formula is C31H22ClN3O4S. The Kier molecular flexibility index (Phi) is 8.10. The molecule has 198 valence electrons. The molecule has 0 atom stereocenters. The molecule has 4 aromatic rings. The number of carbonyl (C=O) groups is 4. The molecule has 9 heteroatoms. The zero-order valence-corrected chi connectivity index (χ0v) is 22.5. The van der Waals surface area contributed by atoms with Crippen molar-refractivity contribution in [2.24, 2.45) is 0 Å². The topological polar surface area (TPSA) is 95.6 Å². The van der Waals surface area contributed by atoms with Crippen LogP contribution in [0.3, 0.4) is 0 Å². The highest BCUT2D eigenvalue weighted by Gasteiger charge is 2.34. The van der Waals surface area contributed by atoms with Gasteiger partial charge in [0, 0.05) is 21.2 Å². The minimum Gasteiger partial charge on any atom is -0.321 e. The van der Waals surface area contributed by atoms with Gasteiger partial charge in [-0.3, -0.25) is 24.1 Å². The highest BCUT2D eigenvalue weighted by atomic mass is 35.5. The van der Waals surface area contributed by atoms with Crippen LogP contribution >= 0.6 is 23.4 Å². The Morgan fingerprint density at radius 2 is 1.38 bits per heavy atom. The molecule has 1 aliphatic heterocycles. The van der Waals surface area contributed by atoms with Crippen LogP contribution in [0.25, 0.3) is 6.08 Å². The average molecular weight is 568 g/mol. The van der Waals surface area contributed by atoms with Crippen molar-refractivity contribution in [2.75, 3.05) is 11.2 Å². The first-order valence-corrected chi connectivity index (χ1v) is 13.6. The molecule has 0 aliphatic carbocycles. The lowest BCUT2D eigenvalue weighted by atomic mass is 10.1. The molecule has 5 rings (SSSR count). The van der Waals surface area contributed by atoms with Gasteiger partial charge in [0.15, 0.2) is 0 Å². The van der Waals surface area contributed by atoms with Gasteiger partial charge in [-0.25, -0.2) is 0 Å². The lowest BCUT2D eigenvalue weighted by Gasteiger charge is -2.14. The third-order valence-corrected chi connectivity index (χ3v) is 7.31. The van der Waals surface area contributed by atoms with Crippen molar-refractivity contribution in [1.29, 1.82) is 0 Å². The predicted molar refractivity (Wildman–Crippen MR) is 156 cm³/mol. The fourth-order valence-corrected chi connectivity index (χ4v) is 4.96. The van der Waals surface area contributed by atoms with Gasteiger partial charge in [-0.05, 0) is 72.3 Å². The maximum Gasteiger partial charge on any atom is 0.272 e. The fourth-order valence-electron chi connectivity index (χ4n) is 4.00. The van der Waals surface area contributed by atoms with Crippen molar-refractivity contribution < 1.29 is 19.2 Å². The standard InChI is InChI=1S/C31H22ClN3O4S/c32-22-12-10-20(11-13-22)18-27(34-28(36)21-6-2-1-3-7-21)29(37)33-23-14-16-24(17-15-23)40-19-35-30(38)25-8-4-5-9-26(25)31(35)39/h1-18H,19H2,(H,33,37)(H,34,36)/b27-18-. The van der Waals surface area contributed by atoms with Crippen molar-refractivity contribution in [3.63, 3.8) is 0 Å². The van der Waals surface area contributed by atoms with Crippen LogP contribution in [0, 0.1) is 0 Å². The maximum atomic E-state index is 13.2. The molecule has 1 aliphatic rings. The van der Waals surface area contributed by atoms with Crippen LogP contribution in [0.2, 0.25) is 5.02 Å². The monoisotopic (exact) mass is 567 g/mol. The Morgan fingerprint density at radius 1 is 0.775 bits per heavy atom. The Labute approximate surface area is 239 Å². The average Bonchev–Trinajstić information content (AvgIpc) is 3.22. The first-order valence-electron chi connectivity index (χ1n) is 12.2. The normalized spacial score (nSPS) is 12.7. The van der Waals surface area contributed by atoms with Crippen molar-refractivity contribution in [3.05, 3.63) is 136 Å². The van der Waals surface area contributed by atoms with Crippen LogP contribution in [-0.2, 0) is 4.79 Å². The van der Waals surface area contributed by atoms with E-state index in [4.69, 9.17) is 11.6 Å². The van der Waals surface area contributed by atoms with Crippen molar-refractivity contribution >= 4 is 58.8 Å². The summed E-state index contributed by atoms with van der Waals surface area (Å²) >= 11 is 7.31. The molecule has 1 heterocycles. The number of anilines is 1. The van der Waals surface area contributed by atoms with Gasteiger partial charge >= 0.3 is 0 Å². The summed E-state index contributed by atoms with van der Waals surface area (Å²) in [7, 11) is 0. The predicted octanol–water partition coefficient (Wildman–Crippen LogP) is 6.10. The fraction of sp³-hybridized carbons (Fsp3) is 0.0323. The van der Waals surface area contributed by atoms with E-state index in [-0.39, 0.29) is 23.4 Å². The first kappa shape index (κ1) is 26.9. The minimum atomic E-state index is -0.509. The Balaban J connectivity index is 1.26. The summed E-state index contributed by atoms with van der Waals surface area (Å²) in [5.41, 5.74) is 2.48. The first-order chi connectivity index (χ1) is 19.4. The molecule has 0 radical (unpaired) electrons. The lowest BCUT2D eigenvalue weighted by molar-refractivity contribution is -0.113. The molecule has 0 bridgehead atoms. The van der Waals surface area contributed by atoms with Crippen LogP contribution in [0.4, 0.5) is 5.69 Å². The molecule has 4 amide bonds. The summed E-state index contributed by atoms with van der Waals surface area (Å²) in [6, 6.07) is 29.2. The van der Waals surface area contributed by atoms with E-state index < -0.39 is 11.8 Å². The number of halogens is 1. The summed E-state index contributed by atoms with van der Waals surface area (Å²) in [4.78, 5) is 53.2. The van der Waals surface area contributed by atoms with Gasteiger partial charge in [0.05, 0.1) is 17.0 Å². The number of nitrogens with zero attached hydrogens (tertiary/aromatic N) is 1. The van der Waals surface area contributed by atoms with E-state index in [0.29, 0.717) is 33.0 Å². The van der Waals surface area contributed by atoms with Crippen LogP contribution in [0.1, 0.15) is 36.6 Å². The summed E-state index contributed by atoms with van der Waals surface area (Å²) in [5.74, 6) is -1.39. The van der Waals surface area contributed by atoms with Crippen LogP contribution in [-0.4, -0.2) is 34.4 Å². The van der Waals surface area contributed by atoms with E-state index in [1.165, 1.54) is 16.7 Å². The van der Waals surface area contributed by atoms with E-state index in [2.05, 4.69) is 10.6 Å². The molecule has 40 heavy (non-hydrogen) atoms. The quantitative estimate of drug-likeness (QED) is 0.152. The summed E-state index contributed by atoms with van der Waals surface area (Å²) in [6.07, 6.45) is 1.57.